The number of hydrogen-bond donors (Lipinski definition) is 0. The van der Waals surface area contributed by atoms with Gasteiger partial charge in [0.2, 0.25) is 5.76 Å². The number of nitrogens with zero attached hydrogens (tertiary/aromatic N) is 1. The van der Waals surface area contributed by atoms with Gasteiger partial charge in [-0.15, -0.1) is 0 Å². The molecule has 1 aliphatic heterocycles. The van der Waals surface area contributed by atoms with E-state index in [1.807, 2.05) is 24.3 Å². The molecule has 1 amide bonds. The molecular formula is C26H20FNO3. The van der Waals surface area contributed by atoms with Gasteiger partial charge in [0.05, 0.1) is 17.0 Å². The van der Waals surface area contributed by atoms with Gasteiger partial charge in [0.15, 0.2) is 5.43 Å². The topological polar surface area (TPSA) is 50.5 Å². The minimum atomic E-state index is -0.570. The van der Waals surface area contributed by atoms with Crippen molar-refractivity contribution in [1.82, 2.24) is 4.90 Å². The second-order valence-corrected chi connectivity index (χ2v) is 7.73. The number of para-hydroxylation sites is 1. The summed E-state index contributed by atoms with van der Waals surface area (Å²) in [5.41, 5.74) is 3.34. The van der Waals surface area contributed by atoms with E-state index < -0.39 is 6.04 Å². The lowest BCUT2D eigenvalue weighted by Gasteiger charge is -2.25. The molecule has 3 aromatic carbocycles. The van der Waals surface area contributed by atoms with Crippen LogP contribution in [-0.2, 0) is 13.0 Å². The number of rotatable bonds is 4. The van der Waals surface area contributed by atoms with Crippen LogP contribution in [0.1, 0.15) is 45.8 Å². The van der Waals surface area contributed by atoms with Gasteiger partial charge < -0.3 is 9.32 Å². The molecule has 1 aliphatic rings. The maximum Gasteiger partial charge on any atom is 0.291 e. The zero-order chi connectivity index (χ0) is 21.5. The number of fused-ring (bicyclic) bond motifs is 2. The summed E-state index contributed by atoms with van der Waals surface area (Å²) in [4.78, 5) is 28.4. The van der Waals surface area contributed by atoms with Crippen molar-refractivity contribution in [3.63, 3.8) is 0 Å². The lowest BCUT2D eigenvalue weighted by atomic mass is 9.97. The fourth-order valence-electron chi connectivity index (χ4n) is 4.20. The Labute approximate surface area is 178 Å². The first-order chi connectivity index (χ1) is 15.1. The summed E-state index contributed by atoms with van der Waals surface area (Å²) in [5.74, 6) is -0.600. The Morgan fingerprint density at radius 1 is 0.903 bits per heavy atom. The molecule has 0 bridgehead atoms. The Kier molecular flexibility index (Phi) is 4.66. The fraction of sp³-hybridized carbons (Fsp3) is 0.154. The first-order valence-corrected chi connectivity index (χ1v) is 10.3. The number of hydrogen-bond acceptors (Lipinski definition) is 3. The summed E-state index contributed by atoms with van der Waals surface area (Å²) in [6.45, 7) is 2.31. The molecule has 0 spiro atoms. The predicted octanol–water partition coefficient (Wildman–Crippen LogP) is 5.24. The highest BCUT2D eigenvalue weighted by Crippen LogP contribution is 2.39. The molecule has 31 heavy (non-hydrogen) atoms. The lowest BCUT2D eigenvalue weighted by molar-refractivity contribution is 0.0714. The van der Waals surface area contributed by atoms with Gasteiger partial charge in [0, 0.05) is 6.54 Å². The minimum Gasteiger partial charge on any atom is -0.450 e. The summed E-state index contributed by atoms with van der Waals surface area (Å²) < 4.78 is 19.3. The van der Waals surface area contributed by atoms with Crippen molar-refractivity contribution < 1.29 is 13.6 Å². The van der Waals surface area contributed by atoms with Crippen LogP contribution < -0.4 is 5.43 Å². The average Bonchev–Trinajstić information content (AvgIpc) is 3.07. The maximum absolute atomic E-state index is 13.4. The monoisotopic (exact) mass is 413 g/mol. The van der Waals surface area contributed by atoms with Crippen molar-refractivity contribution in [3.05, 3.63) is 117 Å². The van der Waals surface area contributed by atoms with E-state index in [0.717, 1.165) is 17.5 Å². The van der Waals surface area contributed by atoms with Crippen molar-refractivity contribution in [2.75, 3.05) is 0 Å². The van der Waals surface area contributed by atoms with E-state index in [-0.39, 0.29) is 29.5 Å². The number of carbonyl (C=O) groups excluding carboxylic acids is 1. The molecule has 0 saturated carbocycles. The average molecular weight is 413 g/mol. The van der Waals surface area contributed by atoms with Gasteiger partial charge in [-0.2, -0.15) is 0 Å². The summed E-state index contributed by atoms with van der Waals surface area (Å²) in [5, 5.41) is 0.452. The van der Waals surface area contributed by atoms with Gasteiger partial charge in [0.25, 0.3) is 5.91 Å². The van der Waals surface area contributed by atoms with E-state index in [0.29, 0.717) is 16.5 Å². The molecule has 1 unspecified atom stereocenters. The second-order valence-electron chi connectivity index (χ2n) is 7.73. The van der Waals surface area contributed by atoms with Crippen molar-refractivity contribution in [1.29, 1.82) is 0 Å². The van der Waals surface area contributed by atoms with Gasteiger partial charge in [0.1, 0.15) is 11.4 Å². The zero-order valence-corrected chi connectivity index (χ0v) is 17.0. The molecule has 0 fully saturated rings. The van der Waals surface area contributed by atoms with Gasteiger partial charge >= 0.3 is 0 Å². The van der Waals surface area contributed by atoms with Crippen molar-refractivity contribution >= 4 is 16.9 Å². The van der Waals surface area contributed by atoms with E-state index in [2.05, 4.69) is 6.92 Å². The smallest absolute Gasteiger partial charge is 0.291 e. The number of halogens is 1. The van der Waals surface area contributed by atoms with Crippen LogP contribution in [0.15, 0.2) is 82.0 Å². The number of aryl methyl sites for hydroxylation is 1. The van der Waals surface area contributed by atoms with E-state index in [4.69, 9.17) is 4.42 Å². The van der Waals surface area contributed by atoms with Crippen LogP contribution in [0.4, 0.5) is 4.39 Å². The van der Waals surface area contributed by atoms with Gasteiger partial charge in [-0.3, -0.25) is 9.59 Å². The third-order valence-electron chi connectivity index (χ3n) is 5.84. The third kappa shape index (κ3) is 3.22. The van der Waals surface area contributed by atoms with Crippen LogP contribution >= 0.6 is 0 Å². The van der Waals surface area contributed by atoms with Crippen molar-refractivity contribution in [2.24, 2.45) is 0 Å². The molecule has 1 atom stereocenters. The minimum absolute atomic E-state index is 0.0791. The Bertz CT molecular complexity index is 1340. The molecular weight excluding hydrogens is 393 g/mol. The standard InChI is InChI=1S/C26H20FNO3/c1-2-16-7-11-18(12-8-16)23-22-24(29)20-5-3-4-6-21(20)31-25(22)26(30)28(23)15-17-9-13-19(27)14-10-17/h3-14,23H,2,15H2,1H3. The Morgan fingerprint density at radius 3 is 2.29 bits per heavy atom. The molecule has 4 aromatic rings. The molecule has 4 nitrogen and oxygen atoms in total. The van der Waals surface area contributed by atoms with Crippen LogP contribution in [0.5, 0.6) is 0 Å². The quantitative estimate of drug-likeness (QED) is 0.460. The van der Waals surface area contributed by atoms with Crippen LogP contribution in [0, 0.1) is 5.82 Å². The van der Waals surface area contributed by atoms with Crippen LogP contribution in [0.25, 0.3) is 11.0 Å². The molecule has 0 radical (unpaired) electrons. The molecule has 0 N–H and O–H groups in total. The van der Waals surface area contributed by atoms with E-state index in [1.165, 1.54) is 17.7 Å². The second kappa shape index (κ2) is 7.51. The maximum atomic E-state index is 13.4. The normalized spacial score (nSPS) is 15.5. The van der Waals surface area contributed by atoms with E-state index in [1.54, 1.807) is 41.3 Å². The first-order valence-electron chi connectivity index (χ1n) is 10.3. The molecule has 2 heterocycles. The number of amides is 1. The molecule has 0 aliphatic carbocycles. The molecule has 0 saturated heterocycles. The SMILES string of the molecule is CCc1ccc(C2c3c(oc4ccccc4c3=O)C(=O)N2Cc2ccc(F)cc2)cc1. The first kappa shape index (κ1) is 19.2. The summed E-state index contributed by atoms with van der Waals surface area (Å²) in [6, 6.07) is 20.4. The lowest BCUT2D eigenvalue weighted by Crippen LogP contribution is -2.29. The molecule has 5 heteroatoms. The highest BCUT2D eigenvalue weighted by Gasteiger charge is 2.42. The molecule has 154 valence electrons. The van der Waals surface area contributed by atoms with Crippen LogP contribution in [0.2, 0.25) is 0 Å². The van der Waals surface area contributed by atoms with Crippen LogP contribution in [0.3, 0.4) is 0 Å². The largest absolute Gasteiger partial charge is 0.450 e. The summed E-state index contributed by atoms with van der Waals surface area (Å²) in [7, 11) is 0. The fourth-order valence-corrected chi connectivity index (χ4v) is 4.20. The summed E-state index contributed by atoms with van der Waals surface area (Å²) >= 11 is 0. The van der Waals surface area contributed by atoms with Gasteiger partial charge in [-0.25, -0.2) is 4.39 Å². The Hall–Kier alpha value is -3.73. The molecule has 1 aromatic heterocycles. The van der Waals surface area contributed by atoms with Crippen LogP contribution in [-0.4, -0.2) is 10.8 Å². The Morgan fingerprint density at radius 2 is 1.58 bits per heavy atom. The predicted molar refractivity (Wildman–Crippen MR) is 116 cm³/mol. The number of benzene rings is 3. The van der Waals surface area contributed by atoms with Gasteiger partial charge in [-0.05, 0) is 47.4 Å². The van der Waals surface area contributed by atoms with Crippen molar-refractivity contribution in [2.45, 2.75) is 25.9 Å². The van der Waals surface area contributed by atoms with Gasteiger partial charge in [-0.1, -0.05) is 55.5 Å². The Balaban J connectivity index is 1.69. The van der Waals surface area contributed by atoms with Crippen molar-refractivity contribution in [3.8, 4) is 0 Å². The number of carbonyl (C=O) groups is 1. The molecule has 5 rings (SSSR count). The van der Waals surface area contributed by atoms with E-state index in [9.17, 15) is 14.0 Å². The highest BCUT2D eigenvalue weighted by molar-refractivity contribution is 5.99. The highest BCUT2D eigenvalue weighted by atomic mass is 19.1. The zero-order valence-electron chi connectivity index (χ0n) is 17.0. The van der Waals surface area contributed by atoms with E-state index >= 15 is 0 Å². The summed E-state index contributed by atoms with van der Waals surface area (Å²) in [6.07, 6.45) is 0.895. The third-order valence-corrected chi connectivity index (χ3v) is 5.84.